The molecule has 0 aliphatic heterocycles. The Morgan fingerprint density at radius 2 is 2.32 bits per heavy atom. The Balaban J connectivity index is 2.34. The second-order valence-electron chi connectivity index (χ2n) is 5.40. The molecule has 0 atom stereocenters. The van der Waals surface area contributed by atoms with Crippen LogP contribution in [0.15, 0.2) is 51.6 Å². The summed E-state index contributed by atoms with van der Waals surface area (Å²) >= 11 is 0. The van der Waals surface area contributed by atoms with E-state index in [1.165, 1.54) is 19.2 Å². The summed E-state index contributed by atoms with van der Waals surface area (Å²) in [6.07, 6.45) is 8.48. The zero-order chi connectivity index (χ0) is 18.4. The van der Waals surface area contributed by atoms with Crippen LogP contribution >= 0.6 is 0 Å². The second-order valence-corrected chi connectivity index (χ2v) is 5.40. The van der Waals surface area contributed by atoms with E-state index >= 15 is 0 Å². The SMILES string of the molecule is C=CC=NC(=N)C/C=C1\C=C=CCc2oc(C)c(C(=O)O)c2C(=O)C1. The van der Waals surface area contributed by atoms with Crippen molar-refractivity contribution in [1.82, 2.24) is 0 Å². The molecule has 0 unspecified atom stereocenters. The van der Waals surface area contributed by atoms with Gasteiger partial charge in [0.25, 0.3) is 0 Å². The Morgan fingerprint density at radius 3 is 3.00 bits per heavy atom. The summed E-state index contributed by atoms with van der Waals surface area (Å²) in [5.41, 5.74) is 3.63. The van der Waals surface area contributed by atoms with Gasteiger partial charge < -0.3 is 9.52 Å². The molecule has 1 aromatic heterocycles. The number of aryl methyl sites for hydroxylation is 1. The lowest BCUT2D eigenvalue weighted by Crippen LogP contribution is -2.09. The van der Waals surface area contributed by atoms with Gasteiger partial charge >= 0.3 is 5.97 Å². The Labute approximate surface area is 145 Å². The van der Waals surface area contributed by atoms with Crippen molar-refractivity contribution in [1.29, 1.82) is 5.41 Å². The van der Waals surface area contributed by atoms with E-state index in [1.807, 2.05) is 0 Å². The van der Waals surface area contributed by atoms with Gasteiger partial charge in [-0.1, -0.05) is 18.7 Å². The van der Waals surface area contributed by atoms with Gasteiger partial charge in [0, 0.05) is 25.5 Å². The lowest BCUT2D eigenvalue weighted by Gasteiger charge is -2.03. The number of ketones is 1. The zero-order valence-electron chi connectivity index (χ0n) is 13.8. The summed E-state index contributed by atoms with van der Waals surface area (Å²) in [6, 6.07) is 0. The fraction of sp³-hybridized carbons (Fsp3) is 0.211. The van der Waals surface area contributed by atoms with Gasteiger partial charge in [-0.2, -0.15) is 0 Å². The zero-order valence-corrected chi connectivity index (χ0v) is 13.8. The van der Waals surface area contributed by atoms with Gasteiger partial charge in [-0.05, 0) is 24.6 Å². The van der Waals surface area contributed by atoms with E-state index < -0.39 is 5.97 Å². The molecule has 1 aliphatic rings. The number of hydrogen-bond donors (Lipinski definition) is 2. The Bertz CT molecular complexity index is 862. The highest BCUT2D eigenvalue weighted by Crippen LogP contribution is 2.27. The highest BCUT2D eigenvalue weighted by Gasteiger charge is 2.27. The Kier molecular flexibility index (Phi) is 5.82. The number of aliphatic imine (C=N–C) groups is 1. The monoisotopic (exact) mass is 338 g/mol. The van der Waals surface area contributed by atoms with Crippen molar-refractivity contribution in [2.75, 3.05) is 0 Å². The number of carbonyl (C=O) groups is 2. The number of furan rings is 1. The molecule has 6 nitrogen and oxygen atoms in total. The molecule has 1 aliphatic carbocycles. The van der Waals surface area contributed by atoms with Crippen LogP contribution in [-0.4, -0.2) is 28.9 Å². The minimum atomic E-state index is -1.18. The van der Waals surface area contributed by atoms with Crippen molar-refractivity contribution in [2.24, 2.45) is 4.99 Å². The predicted octanol–water partition coefficient (Wildman–Crippen LogP) is 3.68. The van der Waals surface area contributed by atoms with Crippen LogP contribution in [0.5, 0.6) is 0 Å². The topological polar surface area (TPSA) is 104 Å². The van der Waals surface area contributed by atoms with E-state index in [-0.39, 0.29) is 41.3 Å². The molecule has 0 saturated carbocycles. The molecule has 25 heavy (non-hydrogen) atoms. The number of aromatic carboxylic acids is 1. The first-order valence-corrected chi connectivity index (χ1v) is 7.65. The summed E-state index contributed by atoms with van der Waals surface area (Å²) in [4.78, 5) is 28.0. The van der Waals surface area contributed by atoms with Crippen molar-refractivity contribution >= 4 is 23.8 Å². The molecule has 2 rings (SSSR count). The van der Waals surface area contributed by atoms with Gasteiger partial charge in [-0.15, -0.1) is 5.73 Å². The number of nitrogens with zero attached hydrogens (tertiary/aromatic N) is 1. The molecule has 0 aromatic carbocycles. The molecule has 0 spiro atoms. The van der Waals surface area contributed by atoms with E-state index in [9.17, 15) is 14.7 Å². The number of Topliss-reactive ketones (excluding diaryl/α,β-unsaturated/α-hetero) is 1. The van der Waals surface area contributed by atoms with Crippen LogP contribution in [0, 0.1) is 12.3 Å². The molecular weight excluding hydrogens is 320 g/mol. The van der Waals surface area contributed by atoms with E-state index in [0.29, 0.717) is 17.8 Å². The third-order valence-corrected chi connectivity index (χ3v) is 3.58. The number of amidine groups is 1. The molecule has 2 N–H and O–H groups in total. The lowest BCUT2D eigenvalue weighted by molar-refractivity contribution is 0.0690. The number of fused-ring (bicyclic) bond motifs is 1. The van der Waals surface area contributed by atoms with Crippen LogP contribution in [0.2, 0.25) is 0 Å². The standard InChI is InChI=1S/C19H18N2O4/c1-3-10-21-16(20)9-8-13-6-4-5-7-15-18(14(22)11-13)17(19(23)24)12(2)25-15/h3,5-6,8,10,20H,1,7,9,11H2,2H3,(H,23,24)/b13-8+,20-16?,21-10?. The quantitative estimate of drug-likeness (QED) is 0.496. The van der Waals surface area contributed by atoms with E-state index in [4.69, 9.17) is 9.83 Å². The Hall–Kier alpha value is -3.24. The lowest BCUT2D eigenvalue weighted by atomic mass is 9.98. The summed E-state index contributed by atoms with van der Waals surface area (Å²) in [5.74, 6) is -0.827. The van der Waals surface area contributed by atoms with E-state index in [0.717, 1.165) is 0 Å². The number of rotatable bonds is 4. The van der Waals surface area contributed by atoms with Crippen molar-refractivity contribution in [3.63, 3.8) is 0 Å². The maximum atomic E-state index is 12.7. The molecule has 1 aromatic rings. The average molecular weight is 338 g/mol. The van der Waals surface area contributed by atoms with Crippen LogP contribution in [0.1, 0.15) is 45.1 Å². The fourth-order valence-electron chi connectivity index (χ4n) is 2.50. The van der Waals surface area contributed by atoms with Crippen LogP contribution in [0.4, 0.5) is 0 Å². The number of carboxylic acids is 1. The fourth-order valence-corrected chi connectivity index (χ4v) is 2.50. The number of nitrogens with one attached hydrogen (secondary N) is 1. The first-order chi connectivity index (χ1) is 11.9. The summed E-state index contributed by atoms with van der Waals surface area (Å²) in [5, 5.41) is 17.1. The highest BCUT2D eigenvalue weighted by molar-refractivity contribution is 6.08. The van der Waals surface area contributed by atoms with Gasteiger partial charge in [-0.25, -0.2) is 9.79 Å². The molecule has 128 valence electrons. The summed E-state index contributed by atoms with van der Waals surface area (Å²) in [7, 11) is 0. The van der Waals surface area contributed by atoms with Crippen molar-refractivity contribution < 1.29 is 19.1 Å². The third-order valence-electron chi connectivity index (χ3n) is 3.58. The van der Waals surface area contributed by atoms with Gasteiger partial charge in [0.15, 0.2) is 5.78 Å². The smallest absolute Gasteiger partial charge is 0.340 e. The number of allylic oxidation sites excluding steroid dienone is 3. The van der Waals surface area contributed by atoms with Crippen molar-refractivity contribution in [3.8, 4) is 0 Å². The molecule has 0 bridgehead atoms. The maximum absolute atomic E-state index is 12.7. The number of carboxylic acid groups (broad SMARTS) is 1. The van der Waals surface area contributed by atoms with Crippen LogP contribution in [0.25, 0.3) is 0 Å². The molecular formula is C19H18N2O4. The van der Waals surface area contributed by atoms with Crippen molar-refractivity contribution in [3.05, 3.63) is 64.8 Å². The predicted molar refractivity (Wildman–Crippen MR) is 94.8 cm³/mol. The summed E-state index contributed by atoms with van der Waals surface area (Å²) < 4.78 is 5.47. The van der Waals surface area contributed by atoms with Gasteiger partial charge in [0.05, 0.1) is 5.56 Å². The Morgan fingerprint density at radius 1 is 1.56 bits per heavy atom. The molecule has 1 heterocycles. The first kappa shape index (κ1) is 18.1. The minimum absolute atomic E-state index is 0.00550. The first-order valence-electron chi connectivity index (χ1n) is 7.65. The highest BCUT2D eigenvalue weighted by atomic mass is 16.4. The molecule has 0 radical (unpaired) electrons. The van der Waals surface area contributed by atoms with Crippen LogP contribution in [-0.2, 0) is 6.42 Å². The van der Waals surface area contributed by atoms with Crippen LogP contribution in [0.3, 0.4) is 0 Å². The van der Waals surface area contributed by atoms with Crippen molar-refractivity contribution in [2.45, 2.75) is 26.2 Å². The van der Waals surface area contributed by atoms with Gasteiger partial charge in [0.2, 0.25) is 0 Å². The van der Waals surface area contributed by atoms with E-state index in [1.54, 1.807) is 18.2 Å². The van der Waals surface area contributed by atoms with Gasteiger partial charge in [0.1, 0.15) is 22.9 Å². The molecule has 0 amide bonds. The average Bonchev–Trinajstić information content (AvgIpc) is 2.92. The number of hydrogen-bond acceptors (Lipinski definition) is 4. The minimum Gasteiger partial charge on any atom is -0.478 e. The van der Waals surface area contributed by atoms with E-state index in [2.05, 4.69) is 17.3 Å². The third kappa shape index (κ3) is 4.40. The molecule has 0 fully saturated rings. The molecule has 0 saturated heterocycles. The molecule has 6 heteroatoms. The maximum Gasteiger partial charge on any atom is 0.340 e. The second kappa shape index (κ2) is 8.04. The number of carbonyl (C=O) groups excluding carboxylic acids is 1. The normalized spacial score (nSPS) is 15.7. The summed E-state index contributed by atoms with van der Waals surface area (Å²) in [6.45, 7) is 5.02. The van der Waals surface area contributed by atoms with Gasteiger partial charge in [-0.3, -0.25) is 10.2 Å². The largest absolute Gasteiger partial charge is 0.478 e. The van der Waals surface area contributed by atoms with Crippen LogP contribution < -0.4 is 0 Å².